The maximum atomic E-state index is 12.2. The molecule has 0 saturated carbocycles. The number of ether oxygens (including phenoxy) is 1. The summed E-state index contributed by atoms with van der Waals surface area (Å²) in [6.07, 6.45) is 7.87. The Bertz CT molecular complexity index is 686. The minimum Gasteiger partial charge on any atom is -0.504 e. The van der Waals surface area contributed by atoms with E-state index in [0.717, 1.165) is 38.6 Å². The molecule has 6 nitrogen and oxygen atoms in total. The number of rotatable bonds is 16. The maximum absolute atomic E-state index is 12.2. The van der Waals surface area contributed by atoms with Crippen molar-refractivity contribution in [2.24, 2.45) is 11.8 Å². The third-order valence-corrected chi connectivity index (χ3v) is 5.16. The van der Waals surface area contributed by atoms with Crippen LogP contribution in [0.3, 0.4) is 0 Å². The topological polar surface area (TPSA) is 95.9 Å². The lowest BCUT2D eigenvalue weighted by Crippen LogP contribution is -2.19. The molecule has 0 bridgehead atoms. The predicted molar refractivity (Wildman–Crippen MR) is 120 cm³/mol. The summed E-state index contributed by atoms with van der Waals surface area (Å²) in [6.45, 7) is 3.37. The molecule has 0 aliphatic carbocycles. The zero-order valence-corrected chi connectivity index (χ0v) is 18.5. The molecule has 0 spiro atoms. The molecule has 2 atom stereocenters. The fraction of sp³-hybridized carbons (Fsp3) is 0.583. The van der Waals surface area contributed by atoms with Crippen molar-refractivity contribution in [1.29, 1.82) is 0 Å². The molecule has 0 fully saturated rings. The minimum atomic E-state index is -0.230. The van der Waals surface area contributed by atoms with Crippen molar-refractivity contribution in [1.82, 2.24) is 5.32 Å². The number of benzene rings is 1. The van der Waals surface area contributed by atoms with E-state index in [9.17, 15) is 14.7 Å². The number of aliphatic hydroxyl groups excluding tert-OH is 1. The molecular formula is C24H37NO5. The summed E-state index contributed by atoms with van der Waals surface area (Å²) in [6, 6.07) is 4.80. The van der Waals surface area contributed by atoms with Crippen LogP contribution in [0, 0.1) is 11.8 Å². The molecule has 0 aromatic heterocycles. The van der Waals surface area contributed by atoms with Crippen LogP contribution in [0.1, 0.15) is 57.4 Å². The van der Waals surface area contributed by atoms with Crippen LogP contribution in [-0.4, -0.2) is 49.1 Å². The van der Waals surface area contributed by atoms with Gasteiger partial charge in [-0.15, -0.1) is 0 Å². The standard InChI is InChI=1S/C24H37NO5/c1-18(17-25-2)14-19(7-5-13-26)6-4-8-21(27)16-22(28)11-9-20-10-12-23(29)24(15-20)30-3/h9-12,15,18-19,25-26,29H,4-8,13-14,16-17H2,1-3H3/b11-9+/t18-,19+/m1/s1. The number of carbonyl (C=O) groups excluding carboxylic acids is 2. The summed E-state index contributed by atoms with van der Waals surface area (Å²) >= 11 is 0. The van der Waals surface area contributed by atoms with Gasteiger partial charge in [-0.3, -0.25) is 9.59 Å². The molecule has 0 aliphatic rings. The molecule has 0 aliphatic heterocycles. The highest BCUT2D eigenvalue weighted by Gasteiger charge is 2.14. The van der Waals surface area contributed by atoms with E-state index in [1.165, 1.54) is 19.3 Å². The van der Waals surface area contributed by atoms with Gasteiger partial charge in [0, 0.05) is 13.0 Å². The molecule has 0 radical (unpaired) electrons. The molecule has 0 heterocycles. The van der Waals surface area contributed by atoms with Crippen molar-refractivity contribution in [3.63, 3.8) is 0 Å². The van der Waals surface area contributed by atoms with Gasteiger partial charge in [0.25, 0.3) is 0 Å². The van der Waals surface area contributed by atoms with Crippen molar-refractivity contribution >= 4 is 17.6 Å². The Morgan fingerprint density at radius 2 is 1.97 bits per heavy atom. The van der Waals surface area contributed by atoms with E-state index < -0.39 is 0 Å². The number of allylic oxidation sites excluding steroid dienone is 1. The number of aliphatic hydroxyl groups is 1. The van der Waals surface area contributed by atoms with Gasteiger partial charge in [0.1, 0.15) is 5.78 Å². The fourth-order valence-corrected chi connectivity index (χ4v) is 3.68. The number of methoxy groups -OCH3 is 1. The highest BCUT2D eigenvalue weighted by atomic mass is 16.5. The van der Waals surface area contributed by atoms with Crippen molar-refractivity contribution in [3.05, 3.63) is 29.8 Å². The first kappa shape index (κ1) is 25.9. The molecule has 168 valence electrons. The molecule has 0 amide bonds. The van der Waals surface area contributed by atoms with Crippen LogP contribution in [0.25, 0.3) is 6.08 Å². The van der Waals surface area contributed by atoms with Gasteiger partial charge in [-0.05, 0) is 74.9 Å². The molecule has 1 aromatic rings. The van der Waals surface area contributed by atoms with E-state index in [2.05, 4.69) is 12.2 Å². The lowest BCUT2D eigenvalue weighted by atomic mass is 9.87. The largest absolute Gasteiger partial charge is 0.504 e. The predicted octanol–water partition coefficient (Wildman–Crippen LogP) is 3.75. The molecule has 0 unspecified atom stereocenters. The Morgan fingerprint density at radius 3 is 2.63 bits per heavy atom. The molecule has 1 rings (SSSR count). The zero-order chi connectivity index (χ0) is 22.4. The average molecular weight is 420 g/mol. The van der Waals surface area contributed by atoms with E-state index >= 15 is 0 Å². The fourth-order valence-electron chi connectivity index (χ4n) is 3.68. The number of hydrogen-bond donors (Lipinski definition) is 3. The van der Waals surface area contributed by atoms with Crippen LogP contribution in [0.4, 0.5) is 0 Å². The maximum Gasteiger partial charge on any atom is 0.163 e. The van der Waals surface area contributed by atoms with Gasteiger partial charge >= 0.3 is 0 Å². The highest BCUT2D eigenvalue weighted by Crippen LogP contribution is 2.27. The van der Waals surface area contributed by atoms with Crippen LogP contribution < -0.4 is 10.1 Å². The molecule has 3 N–H and O–H groups in total. The highest BCUT2D eigenvalue weighted by molar-refractivity contribution is 6.06. The van der Waals surface area contributed by atoms with Crippen LogP contribution in [-0.2, 0) is 9.59 Å². The molecule has 30 heavy (non-hydrogen) atoms. The van der Waals surface area contributed by atoms with E-state index in [1.807, 2.05) is 7.05 Å². The van der Waals surface area contributed by atoms with Crippen LogP contribution >= 0.6 is 0 Å². The van der Waals surface area contributed by atoms with Gasteiger partial charge in [0.2, 0.25) is 0 Å². The number of aromatic hydroxyl groups is 1. The second kappa shape index (κ2) is 14.7. The summed E-state index contributed by atoms with van der Waals surface area (Å²) in [5.74, 6) is 1.14. The molecule has 6 heteroatoms. The number of Topliss-reactive ketones (excluding diaryl/α,β-unsaturated/α-hetero) is 1. The number of ketones is 2. The first-order chi connectivity index (χ1) is 14.4. The summed E-state index contributed by atoms with van der Waals surface area (Å²) in [7, 11) is 3.41. The van der Waals surface area contributed by atoms with Gasteiger partial charge in [-0.2, -0.15) is 0 Å². The first-order valence-corrected chi connectivity index (χ1v) is 10.7. The van der Waals surface area contributed by atoms with Gasteiger partial charge < -0.3 is 20.3 Å². The number of phenolic OH excluding ortho intramolecular Hbond substituents is 1. The molecule has 0 saturated heterocycles. The van der Waals surface area contributed by atoms with E-state index in [-0.39, 0.29) is 30.3 Å². The Kier molecular flexibility index (Phi) is 12.7. The van der Waals surface area contributed by atoms with Gasteiger partial charge in [-0.25, -0.2) is 0 Å². The van der Waals surface area contributed by atoms with Crippen LogP contribution in [0.5, 0.6) is 11.5 Å². The average Bonchev–Trinajstić information content (AvgIpc) is 2.71. The van der Waals surface area contributed by atoms with Crippen LogP contribution in [0.15, 0.2) is 24.3 Å². The first-order valence-electron chi connectivity index (χ1n) is 10.7. The number of phenols is 1. The van der Waals surface area contributed by atoms with Gasteiger partial charge in [-0.1, -0.05) is 25.5 Å². The SMILES string of the molecule is CNC[C@H](C)C[C@H](CCCO)CCCC(=O)CC(=O)/C=C/c1ccc(O)c(OC)c1. The smallest absolute Gasteiger partial charge is 0.163 e. The monoisotopic (exact) mass is 419 g/mol. The quantitative estimate of drug-likeness (QED) is 0.279. The second-order valence-electron chi connectivity index (χ2n) is 7.97. The lowest BCUT2D eigenvalue weighted by Gasteiger charge is -2.20. The Labute approximate surface area is 180 Å². The Hall–Kier alpha value is -2.18. The second-order valence-corrected chi connectivity index (χ2v) is 7.97. The van der Waals surface area contributed by atoms with Gasteiger partial charge in [0.15, 0.2) is 17.3 Å². The number of hydrogen-bond acceptors (Lipinski definition) is 6. The molecular weight excluding hydrogens is 382 g/mol. The van der Waals surface area contributed by atoms with Crippen molar-refractivity contribution in [2.45, 2.75) is 51.9 Å². The Morgan fingerprint density at radius 1 is 1.23 bits per heavy atom. The zero-order valence-electron chi connectivity index (χ0n) is 18.5. The third-order valence-electron chi connectivity index (χ3n) is 5.16. The molecule has 1 aromatic carbocycles. The third kappa shape index (κ3) is 10.6. The van der Waals surface area contributed by atoms with Gasteiger partial charge in [0.05, 0.1) is 13.5 Å². The Balaban J connectivity index is 2.43. The van der Waals surface area contributed by atoms with Crippen molar-refractivity contribution < 1.29 is 24.5 Å². The summed E-state index contributed by atoms with van der Waals surface area (Å²) < 4.78 is 5.04. The van der Waals surface area contributed by atoms with Crippen molar-refractivity contribution in [2.75, 3.05) is 27.3 Å². The number of nitrogens with one attached hydrogen (secondary N) is 1. The van der Waals surface area contributed by atoms with E-state index in [4.69, 9.17) is 9.84 Å². The normalized spacial score (nSPS) is 13.3. The minimum absolute atomic E-state index is 0.0359. The summed E-state index contributed by atoms with van der Waals surface area (Å²) in [4.78, 5) is 24.3. The lowest BCUT2D eigenvalue weighted by molar-refractivity contribution is -0.124. The summed E-state index contributed by atoms with van der Waals surface area (Å²) in [5, 5.41) is 21.9. The van der Waals surface area contributed by atoms with Crippen LogP contribution in [0.2, 0.25) is 0 Å². The summed E-state index contributed by atoms with van der Waals surface area (Å²) in [5.41, 5.74) is 0.716. The van der Waals surface area contributed by atoms with E-state index in [0.29, 0.717) is 29.6 Å². The van der Waals surface area contributed by atoms with E-state index in [1.54, 1.807) is 18.2 Å². The van der Waals surface area contributed by atoms with Crippen molar-refractivity contribution in [3.8, 4) is 11.5 Å². The number of carbonyl (C=O) groups is 2.